The molecule has 1 saturated heterocycles. The van der Waals surface area contributed by atoms with Gasteiger partial charge >= 0.3 is 0 Å². The van der Waals surface area contributed by atoms with Crippen LogP contribution in [0.2, 0.25) is 0 Å². The van der Waals surface area contributed by atoms with Gasteiger partial charge in [-0.15, -0.1) is 0 Å². The molecular weight excluding hydrogens is 290 g/mol. The molecule has 1 aromatic rings. The van der Waals surface area contributed by atoms with E-state index >= 15 is 0 Å². The molecule has 0 bridgehead atoms. The third-order valence-electron chi connectivity index (χ3n) is 4.60. The first-order valence-corrected chi connectivity index (χ1v) is 9.27. The Bertz CT molecular complexity index is 651. The first-order valence-electron chi connectivity index (χ1n) is 7.45. The van der Waals surface area contributed by atoms with Gasteiger partial charge in [-0.1, -0.05) is 13.8 Å². The van der Waals surface area contributed by atoms with Gasteiger partial charge in [0.25, 0.3) is 0 Å². The topological polar surface area (TPSA) is 75.4 Å². The third-order valence-corrected chi connectivity index (χ3v) is 6.30. The number of hydrogen-bond acceptors (Lipinski definition) is 5. The zero-order valence-electron chi connectivity index (χ0n) is 12.8. The zero-order chi connectivity index (χ0) is 15.4. The molecule has 0 aromatic carbocycles. The fraction of sp³-hybridized carbons (Fsp3) is 0.786. The second-order valence-electron chi connectivity index (χ2n) is 6.51. The first kappa shape index (κ1) is 15.0. The maximum Gasteiger partial charge on any atom is 0.154 e. The molecule has 7 heteroatoms. The number of fused-ring (bicyclic) bond motifs is 1. The lowest BCUT2D eigenvalue weighted by molar-refractivity contribution is 0.0733. The van der Waals surface area contributed by atoms with Gasteiger partial charge in [-0.05, 0) is 0 Å². The summed E-state index contributed by atoms with van der Waals surface area (Å²) in [6, 6.07) is -0.285. The fourth-order valence-corrected chi connectivity index (χ4v) is 5.36. The van der Waals surface area contributed by atoms with Gasteiger partial charge in [0, 0.05) is 38.2 Å². The van der Waals surface area contributed by atoms with Crippen molar-refractivity contribution >= 4 is 9.84 Å². The predicted octanol–water partition coefficient (Wildman–Crippen LogP) is 0.0595. The molecule has 0 unspecified atom stereocenters. The number of aliphatic hydroxyl groups excluding tert-OH is 1. The van der Waals surface area contributed by atoms with Gasteiger partial charge in [0.15, 0.2) is 9.84 Å². The number of aliphatic hydroxyl groups is 1. The second-order valence-corrected chi connectivity index (χ2v) is 8.66. The molecule has 2 aliphatic heterocycles. The Morgan fingerprint density at radius 3 is 2.62 bits per heavy atom. The molecule has 6 nitrogen and oxygen atoms in total. The van der Waals surface area contributed by atoms with E-state index < -0.39 is 15.9 Å². The van der Waals surface area contributed by atoms with E-state index in [1.165, 1.54) is 5.69 Å². The first-order chi connectivity index (χ1) is 9.78. The van der Waals surface area contributed by atoms with Crippen LogP contribution in [0.25, 0.3) is 0 Å². The summed E-state index contributed by atoms with van der Waals surface area (Å²) >= 11 is 0. The lowest BCUT2D eigenvalue weighted by Crippen LogP contribution is -2.45. The van der Waals surface area contributed by atoms with E-state index in [0.29, 0.717) is 12.5 Å². The van der Waals surface area contributed by atoms with Crippen molar-refractivity contribution < 1.29 is 13.5 Å². The van der Waals surface area contributed by atoms with Crippen molar-refractivity contribution in [3.63, 3.8) is 0 Å². The molecule has 21 heavy (non-hydrogen) atoms. The molecule has 1 aromatic heterocycles. The summed E-state index contributed by atoms with van der Waals surface area (Å²) < 4.78 is 25.5. The quantitative estimate of drug-likeness (QED) is 0.835. The lowest BCUT2D eigenvalue weighted by Gasteiger charge is -2.32. The molecular formula is C14H23N3O3S. The zero-order valence-corrected chi connectivity index (χ0v) is 13.6. The largest absolute Gasteiger partial charge is 0.390 e. The minimum atomic E-state index is -3.11. The van der Waals surface area contributed by atoms with E-state index in [-0.39, 0.29) is 17.5 Å². The van der Waals surface area contributed by atoms with Crippen LogP contribution in [0.5, 0.6) is 0 Å². The van der Waals surface area contributed by atoms with Gasteiger partial charge in [0.1, 0.15) is 5.82 Å². The summed E-state index contributed by atoms with van der Waals surface area (Å²) in [5.74, 6) is 1.39. The number of rotatable bonds is 2. The number of aromatic nitrogens is 2. The smallest absolute Gasteiger partial charge is 0.154 e. The minimum absolute atomic E-state index is 0.0629. The van der Waals surface area contributed by atoms with Crippen molar-refractivity contribution in [1.29, 1.82) is 0 Å². The van der Waals surface area contributed by atoms with Crippen molar-refractivity contribution in [2.75, 3.05) is 18.1 Å². The Labute approximate surface area is 125 Å². The van der Waals surface area contributed by atoms with Crippen LogP contribution in [0.3, 0.4) is 0 Å². The highest BCUT2D eigenvalue weighted by molar-refractivity contribution is 7.91. The monoisotopic (exact) mass is 313 g/mol. The molecule has 1 fully saturated rings. The van der Waals surface area contributed by atoms with Crippen LogP contribution >= 0.6 is 0 Å². The average Bonchev–Trinajstić information content (AvgIpc) is 2.86. The third kappa shape index (κ3) is 2.62. The highest BCUT2D eigenvalue weighted by Crippen LogP contribution is 2.27. The molecule has 0 saturated carbocycles. The van der Waals surface area contributed by atoms with Crippen LogP contribution in [0.1, 0.15) is 37.0 Å². The molecule has 0 radical (unpaired) electrons. The Kier molecular flexibility index (Phi) is 3.62. The van der Waals surface area contributed by atoms with Crippen LogP contribution < -0.4 is 0 Å². The Morgan fingerprint density at radius 1 is 1.33 bits per heavy atom. The number of nitrogens with zero attached hydrogens (tertiary/aromatic N) is 3. The summed E-state index contributed by atoms with van der Waals surface area (Å²) in [5.41, 5.74) is 2.27. The van der Waals surface area contributed by atoms with Gasteiger partial charge in [-0.3, -0.25) is 4.90 Å². The molecule has 2 atom stereocenters. The van der Waals surface area contributed by atoms with E-state index in [1.807, 2.05) is 7.05 Å². The molecule has 3 heterocycles. The highest BCUT2D eigenvalue weighted by atomic mass is 32.2. The number of hydrogen-bond donors (Lipinski definition) is 1. The van der Waals surface area contributed by atoms with E-state index in [1.54, 1.807) is 0 Å². The molecule has 1 N–H and O–H groups in total. The molecule has 3 rings (SSSR count). The van der Waals surface area contributed by atoms with Crippen molar-refractivity contribution in [3.8, 4) is 0 Å². The van der Waals surface area contributed by atoms with Gasteiger partial charge in [0.05, 0.1) is 29.3 Å². The summed E-state index contributed by atoms with van der Waals surface area (Å²) in [6.45, 7) is 5.66. The van der Waals surface area contributed by atoms with Crippen molar-refractivity contribution in [3.05, 3.63) is 17.2 Å². The van der Waals surface area contributed by atoms with Crippen LogP contribution in [0.4, 0.5) is 0 Å². The summed E-state index contributed by atoms with van der Waals surface area (Å²) in [7, 11) is -1.06. The van der Waals surface area contributed by atoms with Crippen molar-refractivity contribution in [2.45, 2.75) is 44.9 Å². The second kappa shape index (κ2) is 5.07. The lowest BCUT2D eigenvalue weighted by atomic mass is 10.1. The molecule has 0 spiro atoms. The van der Waals surface area contributed by atoms with Gasteiger partial charge in [-0.2, -0.15) is 0 Å². The highest BCUT2D eigenvalue weighted by Gasteiger charge is 2.41. The van der Waals surface area contributed by atoms with Gasteiger partial charge < -0.3 is 9.67 Å². The summed E-state index contributed by atoms with van der Waals surface area (Å²) in [4.78, 5) is 6.80. The summed E-state index contributed by atoms with van der Waals surface area (Å²) in [6.07, 6.45) is 0.0827. The Morgan fingerprint density at radius 2 is 2.05 bits per heavy atom. The number of sulfone groups is 1. The van der Waals surface area contributed by atoms with Crippen LogP contribution in [0, 0.1) is 0 Å². The Balaban J connectivity index is 1.84. The average molecular weight is 313 g/mol. The molecule has 2 aliphatic rings. The molecule has 0 aliphatic carbocycles. The van der Waals surface area contributed by atoms with E-state index in [9.17, 15) is 13.5 Å². The molecule has 0 amide bonds. The van der Waals surface area contributed by atoms with Crippen molar-refractivity contribution in [2.24, 2.45) is 7.05 Å². The van der Waals surface area contributed by atoms with Crippen LogP contribution in [-0.4, -0.2) is 58.2 Å². The van der Waals surface area contributed by atoms with Gasteiger partial charge in [0.2, 0.25) is 0 Å². The number of imidazole rings is 1. The predicted molar refractivity (Wildman–Crippen MR) is 79.9 cm³/mol. The van der Waals surface area contributed by atoms with Crippen LogP contribution in [-0.2, 0) is 29.9 Å². The van der Waals surface area contributed by atoms with E-state index in [2.05, 4.69) is 23.3 Å². The fourth-order valence-electron chi connectivity index (χ4n) is 3.53. The summed E-state index contributed by atoms with van der Waals surface area (Å²) in [5, 5.41) is 10.0. The minimum Gasteiger partial charge on any atom is -0.390 e. The molecule has 118 valence electrons. The SMILES string of the molecule is CC(C)c1nc2c(n1C)CCN([C@H]1CS(=O)(=O)C[C@@H]1O)C2. The Hall–Kier alpha value is -0.920. The normalized spacial score (nSPS) is 29.0. The van der Waals surface area contributed by atoms with E-state index in [0.717, 1.165) is 24.5 Å². The standard InChI is InChI=1S/C14H23N3O3S/c1-9(2)14-15-10-6-17(5-4-11(10)16(14)3)12-7-21(19,20)8-13(12)18/h9,12-13,18H,4-8H2,1-3H3/t12-,13-/m0/s1. The van der Waals surface area contributed by atoms with Gasteiger partial charge in [-0.25, -0.2) is 13.4 Å². The van der Waals surface area contributed by atoms with E-state index in [4.69, 9.17) is 4.98 Å². The maximum absolute atomic E-state index is 11.7. The maximum atomic E-state index is 11.7. The van der Waals surface area contributed by atoms with Crippen LogP contribution in [0.15, 0.2) is 0 Å². The van der Waals surface area contributed by atoms with Crippen molar-refractivity contribution in [1.82, 2.24) is 14.5 Å².